The molecule has 0 aliphatic rings. The zero-order valence-electron chi connectivity index (χ0n) is 8.37. The summed E-state index contributed by atoms with van der Waals surface area (Å²) in [6.07, 6.45) is -3.40. The minimum absolute atomic E-state index is 0.476. The van der Waals surface area contributed by atoms with Crippen LogP contribution in [0.15, 0.2) is 0 Å². The van der Waals surface area contributed by atoms with Crippen molar-refractivity contribution in [2.24, 2.45) is 0 Å². The number of aliphatic carboxylic acids is 1. The van der Waals surface area contributed by atoms with Crippen molar-refractivity contribution in [1.82, 2.24) is 0 Å². The lowest BCUT2D eigenvalue weighted by molar-refractivity contribution is -0.142. The number of carboxylic acid groups (broad SMARTS) is 1. The highest BCUT2D eigenvalue weighted by molar-refractivity contribution is 5.67. The molecule has 0 amide bonds. The van der Waals surface area contributed by atoms with E-state index >= 15 is 0 Å². The Bertz CT molecular complexity index is 196. The van der Waals surface area contributed by atoms with Crippen molar-refractivity contribution in [2.75, 3.05) is 6.61 Å². The van der Waals surface area contributed by atoms with E-state index in [2.05, 4.69) is 0 Å². The molecule has 0 unspecified atom stereocenters. The molecule has 0 radical (unpaired) electrons. The second kappa shape index (κ2) is 3.53. The van der Waals surface area contributed by atoms with Crippen LogP contribution < -0.4 is 0 Å². The summed E-state index contributed by atoms with van der Waals surface area (Å²) in [5.74, 6) is -1.84. The molecular weight excluding hydrogens is 136 g/mol. The van der Waals surface area contributed by atoms with E-state index in [1.54, 1.807) is 0 Å². The summed E-state index contributed by atoms with van der Waals surface area (Å²) >= 11 is 0. The Kier molecular flexibility index (Phi) is 1.80. The molecule has 3 N–H and O–H groups in total. The maximum absolute atomic E-state index is 10.4. The van der Waals surface area contributed by atoms with Crippen LogP contribution in [0.5, 0.6) is 0 Å². The van der Waals surface area contributed by atoms with Gasteiger partial charge in [-0.3, -0.25) is 4.79 Å². The fraction of sp³-hybridized carbons (Fsp3) is 0.833. The quantitative estimate of drug-likeness (QED) is 0.510. The van der Waals surface area contributed by atoms with Crippen LogP contribution in [-0.4, -0.2) is 33.5 Å². The van der Waals surface area contributed by atoms with Gasteiger partial charge in [-0.15, -0.1) is 0 Å². The van der Waals surface area contributed by atoms with E-state index in [1.807, 2.05) is 0 Å². The van der Waals surface area contributed by atoms with Gasteiger partial charge < -0.3 is 15.3 Å². The fourth-order valence-electron chi connectivity index (χ4n) is 0.447. The van der Waals surface area contributed by atoms with Crippen LogP contribution in [0.4, 0.5) is 0 Å². The first-order chi connectivity index (χ1) is 5.81. The summed E-state index contributed by atoms with van der Waals surface area (Å²) in [6, 6.07) is 0. The summed E-state index contributed by atoms with van der Waals surface area (Å²) in [7, 11) is 0. The van der Waals surface area contributed by atoms with Crippen LogP contribution in [0.25, 0.3) is 0 Å². The van der Waals surface area contributed by atoms with Crippen molar-refractivity contribution in [1.29, 1.82) is 0 Å². The Morgan fingerprint density at radius 2 is 2.50 bits per heavy atom. The average molecular weight is 151 g/mol. The van der Waals surface area contributed by atoms with Gasteiger partial charge in [0, 0.05) is 10.7 Å². The Morgan fingerprint density at radius 1 is 1.90 bits per heavy atom. The van der Waals surface area contributed by atoms with E-state index in [4.69, 9.17) is 14.3 Å². The third-order valence-electron chi connectivity index (χ3n) is 0.865. The maximum Gasteiger partial charge on any atom is 0.306 e. The lowest BCUT2D eigenvalue weighted by Crippen LogP contribution is -2.28. The molecule has 0 saturated heterocycles. The highest BCUT2D eigenvalue weighted by atomic mass is 16.4. The molecule has 0 aromatic heterocycles. The zero-order chi connectivity index (χ0) is 10.7. The van der Waals surface area contributed by atoms with Crippen LogP contribution in [0.1, 0.15) is 23.8 Å². The molecule has 4 nitrogen and oxygen atoms in total. The number of rotatable bonds is 4. The van der Waals surface area contributed by atoms with Crippen LogP contribution in [-0.2, 0) is 4.79 Å². The summed E-state index contributed by atoms with van der Waals surface area (Å²) in [6.45, 7) is -1.38. The molecule has 60 valence electrons. The van der Waals surface area contributed by atoms with E-state index in [-0.39, 0.29) is 0 Å². The molecule has 0 fully saturated rings. The predicted molar refractivity (Wildman–Crippen MR) is 34.6 cm³/mol. The number of carboxylic acids is 1. The minimum Gasteiger partial charge on any atom is -0.481 e. The van der Waals surface area contributed by atoms with Gasteiger partial charge in [0.25, 0.3) is 0 Å². The van der Waals surface area contributed by atoms with Gasteiger partial charge in [-0.2, -0.15) is 0 Å². The molecule has 0 bridgehead atoms. The second-order valence-electron chi connectivity index (χ2n) is 1.94. The Hall–Kier alpha value is -0.610. The van der Waals surface area contributed by atoms with Gasteiger partial charge in [0.05, 0.1) is 12.0 Å². The number of hydrogen-bond acceptors (Lipinski definition) is 3. The molecule has 0 aromatic carbocycles. The lowest BCUT2D eigenvalue weighted by Gasteiger charge is -2.18. The monoisotopic (exact) mass is 151 g/mol. The number of carbonyl (C=O) groups is 1. The third-order valence-corrected chi connectivity index (χ3v) is 0.865. The van der Waals surface area contributed by atoms with Crippen molar-refractivity contribution in [2.45, 2.75) is 25.3 Å². The second-order valence-corrected chi connectivity index (χ2v) is 1.94. The maximum atomic E-state index is 10.4. The van der Waals surface area contributed by atoms with E-state index in [0.717, 1.165) is 0 Å². The van der Waals surface area contributed by atoms with Crippen molar-refractivity contribution in [3.8, 4) is 0 Å². The van der Waals surface area contributed by atoms with Gasteiger partial charge in [-0.25, -0.2) is 0 Å². The van der Waals surface area contributed by atoms with Crippen LogP contribution >= 0.6 is 0 Å². The van der Waals surface area contributed by atoms with Gasteiger partial charge in [0.2, 0.25) is 0 Å². The summed E-state index contributed by atoms with van der Waals surface area (Å²) in [5.41, 5.74) is -2.34. The predicted octanol–water partition coefficient (Wildman–Crippen LogP) is -0.406. The SMILES string of the molecule is [2H]C[C@@](O)(CCO)C([2H])([2H])C(=O)O. The number of aliphatic hydroxyl groups excluding tert-OH is 1. The minimum atomic E-state index is -2.92. The van der Waals surface area contributed by atoms with Gasteiger partial charge in [-0.05, 0) is 13.3 Å². The van der Waals surface area contributed by atoms with Crippen molar-refractivity contribution in [3.05, 3.63) is 0 Å². The zero-order valence-corrected chi connectivity index (χ0v) is 5.37. The Morgan fingerprint density at radius 3 is 2.80 bits per heavy atom. The molecule has 1 atom stereocenters. The summed E-state index contributed by atoms with van der Waals surface area (Å²) in [4.78, 5) is 10.4. The first-order valence-electron chi connectivity index (χ1n) is 4.38. The van der Waals surface area contributed by atoms with Crippen LogP contribution in [0.2, 0.25) is 0 Å². The smallest absolute Gasteiger partial charge is 0.306 e. The molecular formula is C6H12O4. The molecule has 0 aliphatic heterocycles. The Labute approximate surface area is 63.3 Å². The fourth-order valence-corrected chi connectivity index (χ4v) is 0.447. The average Bonchev–Trinajstić information content (AvgIpc) is 2.04. The molecule has 0 rings (SSSR count). The van der Waals surface area contributed by atoms with Gasteiger partial charge >= 0.3 is 5.97 Å². The summed E-state index contributed by atoms with van der Waals surface area (Å²) < 4.78 is 20.9. The normalized spacial score (nSPS) is 22.0. The highest BCUT2D eigenvalue weighted by Crippen LogP contribution is 2.12. The molecule has 4 heteroatoms. The molecule has 0 heterocycles. The van der Waals surface area contributed by atoms with E-state index in [0.29, 0.717) is 0 Å². The largest absolute Gasteiger partial charge is 0.481 e. The van der Waals surface area contributed by atoms with Crippen molar-refractivity contribution < 1.29 is 24.2 Å². The van der Waals surface area contributed by atoms with Gasteiger partial charge in [-0.1, -0.05) is 0 Å². The Balaban J connectivity index is 4.82. The van der Waals surface area contributed by atoms with Crippen molar-refractivity contribution >= 4 is 5.97 Å². The van der Waals surface area contributed by atoms with E-state index in [1.165, 1.54) is 0 Å². The standard InChI is InChI=1S/C6H12O4/c1-6(10,2-3-7)4-5(8)9/h7,10H,2-4H2,1H3,(H,8,9)/t6-/m1/s1/i1D,4D2. The number of hydrogen-bond donors (Lipinski definition) is 3. The van der Waals surface area contributed by atoms with E-state index < -0.39 is 37.9 Å². The molecule has 0 aromatic rings. The third kappa shape index (κ3) is 4.29. The van der Waals surface area contributed by atoms with Crippen molar-refractivity contribution in [3.63, 3.8) is 0 Å². The van der Waals surface area contributed by atoms with Crippen LogP contribution in [0.3, 0.4) is 0 Å². The van der Waals surface area contributed by atoms with Gasteiger partial charge in [0.1, 0.15) is 0 Å². The van der Waals surface area contributed by atoms with Gasteiger partial charge in [0.15, 0.2) is 0 Å². The lowest BCUT2D eigenvalue weighted by atomic mass is 9.99. The first-order valence-corrected chi connectivity index (χ1v) is 2.67. The number of aliphatic hydroxyl groups is 2. The molecule has 0 saturated carbocycles. The topological polar surface area (TPSA) is 77.8 Å². The van der Waals surface area contributed by atoms with Crippen LogP contribution in [0, 0.1) is 0 Å². The molecule has 0 spiro atoms. The van der Waals surface area contributed by atoms with E-state index in [9.17, 15) is 9.90 Å². The molecule has 0 aliphatic carbocycles. The highest BCUT2D eigenvalue weighted by Gasteiger charge is 2.22. The first kappa shape index (κ1) is 5.09. The summed E-state index contributed by atoms with van der Waals surface area (Å²) in [5, 5.41) is 26.3. The molecule has 10 heavy (non-hydrogen) atoms.